The van der Waals surface area contributed by atoms with Crippen molar-refractivity contribution >= 4 is 11.8 Å². The lowest BCUT2D eigenvalue weighted by Crippen LogP contribution is -2.23. The van der Waals surface area contributed by atoms with Crippen molar-refractivity contribution in [1.82, 2.24) is 0 Å². The van der Waals surface area contributed by atoms with E-state index in [2.05, 4.69) is 13.0 Å². The minimum absolute atomic E-state index is 0.0606. The van der Waals surface area contributed by atoms with Crippen molar-refractivity contribution < 1.29 is 19.4 Å². The van der Waals surface area contributed by atoms with Crippen molar-refractivity contribution in [2.75, 3.05) is 31.8 Å². The molecule has 0 unspecified atom stereocenters. The van der Waals surface area contributed by atoms with Crippen LogP contribution >= 0.6 is 0 Å². The van der Waals surface area contributed by atoms with E-state index in [1.54, 1.807) is 12.0 Å². The van der Waals surface area contributed by atoms with Gasteiger partial charge >= 0.3 is 6.09 Å². The van der Waals surface area contributed by atoms with Crippen LogP contribution < -0.4 is 4.90 Å². The standard InChI is InChI=1S/C17H23NO4/c1-13(5-3-4-11-19)16(21-2)14-6-8-15(9-7-14)18-10-12-22-17(18)20/h3,5-9,13,16,19H,4,10-12H2,1-2H3/b5-3+/t13-,16+/m0/s1. The van der Waals surface area contributed by atoms with E-state index in [9.17, 15) is 4.79 Å². The number of hydrogen-bond acceptors (Lipinski definition) is 4. The molecule has 0 saturated carbocycles. The predicted octanol–water partition coefficient (Wildman–Crippen LogP) is 2.91. The van der Waals surface area contributed by atoms with E-state index in [4.69, 9.17) is 14.6 Å². The van der Waals surface area contributed by atoms with E-state index >= 15 is 0 Å². The highest BCUT2D eigenvalue weighted by Crippen LogP contribution is 2.29. The number of amides is 1. The van der Waals surface area contributed by atoms with Crippen molar-refractivity contribution in [2.24, 2.45) is 5.92 Å². The first-order chi connectivity index (χ1) is 10.7. The molecule has 1 saturated heterocycles. The number of benzene rings is 1. The van der Waals surface area contributed by atoms with Gasteiger partial charge in [0.25, 0.3) is 0 Å². The Labute approximate surface area is 131 Å². The highest BCUT2D eigenvalue weighted by Gasteiger charge is 2.24. The van der Waals surface area contributed by atoms with Crippen LogP contribution in [0.1, 0.15) is 25.0 Å². The summed E-state index contributed by atoms with van der Waals surface area (Å²) in [4.78, 5) is 13.2. The Morgan fingerprint density at radius 1 is 1.41 bits per heavy atom. The van der Waals surface area contributed by atoms with Gasteiger partial charge in [0.05, 0.1) is 12.6 Å². The highest BCUT2D eigenvalue weighted by molar-refractivity contribution is 5.89. The summed E-state index contributed by atoms with van der Waals surface area (Å²) < 4.78 is 10.5. The number of carbonyl (C=O) groups excluding carboxylic acids is 1. The third-order valence-corrected chi connectivity index (χ3v) is 3.76. The average molecular weight is 305 g/mol. The van der Waals surface area contributed by atoms with Gasteiger partial charge in [-0.2, -0.15) is 0 Å². The van der Waals surface area contributed by atoms with Crippen molar-refractivity contribution in [3.63, 3.8) is 0 Å². The maximum atomic E-state index is 11.6. The smallest absolute Gasteiger partial charge is 0.414 e. The Hall–Kier alpha value is -1.85. The Morgan fingerprint density at radius 3 is 2.68 bits per heavy atom. The Kier molecular flexibility index (Phi) is 5.98. The van der Waals surface area contributed by atoms with Gasteiger partial charge < -0.3 is 14.6 Å². The molecule has 2 rings (SSSR count). The van der Waals surface area contributed by atoms with Gasteiger partial charge in [0.15, 0.2) is 0 Å². The first-order valence-corrected chi connectivity index (χ1v) is 7.52. The van der Waals surface area contributed by atoms with E-state index in [0.29, 0.717) is 19.6 Å². The molecular weight excluding hydrogens is 282 g/mol. The lowest BCUT2D eigenvalue weighted by molar-refractivity contribution is 0.0740. The zero-order chi connectivity index (χ0) is 15.9. The SMILES string of the molecule is CO[C@@H](c1ccc(N2CCOC2=O)cc1)[C@@H](C)/C=C/CCO. The molecule has 0 radical (unpaired) electrons. The molecule has 2 atom stereocenters. The molecule has 1 aliphatic heterocycles. The third-order valence-electron chi connectivity index (χ3n) is 3.76. The fraction of sp³-hybridized carbons (Fsp3) is 0.471. The van der Waals surface area contributed by atoms with Gasteiger partial charge in [-0.25, -0.2) is 4.79 Å². The highest BCUT2D eigenvalue weighted by atomic mass is 16.6. The normalized spacial score (nSPS) is 17.8. The molecule has 0 aromatic heterocycles. The van der Waals surface area contributed by atoms with Gasteiger partial charge in [0.2, 0.25) is 0 Å². The fourth-order valence-electron chi connectivity index (χ4n) is 2.61. The number of carbonyl (C=O) groups is 1. The van der Waals surface area contributed by atoms with Crippen LogP contribution in [0.15, 0.2) is 36.4 Å². The molecule has 1 amide bonds. The van der Waals surface area contributed by atoms with Crippen molar-refractivity contribution in [3.05, 3.63) is 42.0 Å². The van der Waals surface area contributed by atoms with Gasteiger partial charge in [-0.1, -0.05) is 31.2 Å². The molecule has 1 heterocycles. The van der Waals surface area contributed by atoms with Crippen molar-refractivity contribution in [1.29, 1.82) is 0 Å². The maximum absolute atomic E-state index is 11.6. The molecule has 1 aromatic rings. The molecule has 1 aromatic carbocycles. The summed E-state index contributed by atoms with van der Waals surface area (Å²) in [5.41, 5.74) is 1.89. The minimum atomic E-state index is -0.295. The number of anilines is 1. The van der Waals surface area contributed by atoms with Gasteiger partial charge in [0, 0.05) is 25.3 Å². The fourth-order valence-corrected chi connectivity index (χ4v) is 2.61. The molecule has 1 fully saturated rings. The quantitative estimate of drug-likeness (QED) is 0.787. The van der Waals surface area contributed by atoms with E-state index in [0.717, 1.165) is 11.3 Å². The van der Waals surface area contributed by atoms with Crippen molar-refractivity contribution in [2.45, 2.75) is 19.4 Å². The monoisotopic (exact) mass is 305 g/mol. The molecule has 5 heteroatoms. The summed E-state index contributed by atoms with van der Waals surface area (Å²) in [6, 6.07) is 7.78. The van der Waals surface area contributed by atoms with Crippen LogP contribution in [0.25, 0.3) is 0 Å². The van der Waals surface area contributed by atoms with Gasteiger partial charge in [-0.3, -0.25) is 4.90 Å². The van der Waals surface area contributed by atoms with Crippen LogP contribution in [-0.2, 0) is 9.47 Å². The van der Waals surface area contributed by atoms with E-state index in [1.807, 2.05) is 30.3 Å². The van der Waals surface area contributed by atoms with Crippen molar-refractivity contribution in [3.8, 4) is 0 Å². The van der Waals surface area contributed by atoms with Gasteiger partial charge in [-0.15, -0.1) is 0 Å². The number of cyclic esters (lactones) is 1. The number of aliphatic hydroxyl groups is 1. The zero-order valence-corrected chi connectivity index (χ0v) is 13.1. The number of aliphatic hydroxyl groups excluding tert-OH is 1. The van der Waals surface area contributed by atoms with Crippen LogP contribution in [0, 0.1) is 5.92 Å². The largest absolute Gasteiger partial charge is 0.447 e. The number of rotatable bonds is 7. The number of nitrogens with zero attached hydrogens (tertiary/aromatic N) is 1. The molecule has 0 bridgehead atoms. The average Bonchev–Trinajstić information content (AvgIpc) is 2.95. The topological polar surface area (TPSA) is 59.0 Å². The van der Waals surface area contributed by atoms with Gasteiger partial charge in [0.1, 0.15) is 6.61 Å². The Balaban J connectivity index is 2.08. The second-order valence-electron chi connectivity index (χ2n) is 5.31. The summed E-state index contributed by atoms with van der Waals surface area (Å²) in [6.07, 6.45) is 4.31. The van der Waals surface area contributed by atoms with Crippen LogP contribution in [0.3, 0.4) is 0 Å². The van der Waals surface area contributed by atoms with E-state index in [-0.39, 0.29) is 24.7 Å². The second kappa shape index (κ2) is 7.96. The molecular formula is C17H23NO4. The summed E-state index contributed by atoms with van der Waals surface area (Å²) in [6.45, 7) is 3.26. The van der Waals surface area contributed by atoms with E-state index < -0.39 is 0 Å². The molecule has 1 aliphatic rings. The van der Waals surface area contributed by atoms with Crippen LogP contribution in [0.5, 0.6) is 0 Å². The molecule has 120 valence electrons. The lowest BCUT2D eigenvalue weighted by Gasteiger charge is -2.21. The Bertz CT molecular complexity index is 512. The zero-order valence-electron chi connectivity index (χ0n) is 13.1. The van der Waals surface area contributed by atoms with Crippen LogP contribution in [0.2, 0.25) is 0 Å². The predicted molar refractivity (Wildman–Crippen MR) is 84.9 cm³/mol. The summed E-state index contributed by atoms with van der Waals surface area (Å²) >= 11 is 0. The Morgan fingerprint density at radius 2 is 2.14 bits per heavy atom. The lowest BCUT2D eigenvalue weighted by atomic mass is 9.96. The molecule has 0 spiro atoms. The maximum Gasteiger partial charge on any atom is 0.414 e. The molecule has 1 N–H and O–H groups in total. The first-order valence-electron chi connectivity index (χ1n) is 7.52. The molecule has 22 heavy (non-hydrogen) atoms. The van der Waals surface area contributed by atoms with Crippen LogP contribution in [0.4, 0.5) is 10.5 Å². The van der Waals surface area contributed by atoms with Crippen LogP contribution in [-0.4, -0.2) is 38.1 Å². The van der Waals surface area contributed by atoms with E-state index in [1.165, 1.54) is 0 Å². The summed E-state index contributed by atoms with van der Waals surface area (Å²) in [7, 11) is 1.69. The molecule has 5 nitrogen and oxygen atoms in total. The molecule has 0 aliphatic carbocycles. The number of methoxy groups -OCH3 is 1. The second-order valence-corrected chi connectivity index (χ2v) is 5.31. The van der Waals surface area contributed by atoms with Gasteiger partial charge in [-0.05, 0) is 24.1 Å². The first kappa shape index (κ1) is 16.5. The number of hydrogen-bond donors (Lipinski definition) is 1. The summed E-state index contributed by atoms with van der Waals surface area (Å²) in [5, 5.41) is 8.82. The minimum Gasteiger partial charge on any atom is -0.447 e. The third kappa shape index (κ3) is 3.87. The summed E-state index contributed by atoms with van der Waals surface area (Å²) in [5.74, 6) is 0.194. The number of ether oxygens (including phenoxy) is 2.